The van der Waals surface area contributed by atoms with Crippen molar-refractivity contribution >= 4 is 11.9 Å². The summed E-state index contributed by atoms with van der Waals surface area (Å²) in [5, 5.41) is 12.7. The van der Waals surface area contributed by atoms with Crippen molar-refractivity contribution in [3.05, 3.63) is 58.7 Å². The molecule has 2 aromatic rings. The van der Waals surface area contributed by atoms with E-state index in [0.29, 0.717) is 24.3 Å². The zero-order valence-corrected chi connectivity index (χ0v) is 23.4. The van der Waals surface area contributed by atoms with Crippen LogP contribution in [0.2, 0.25) is 0 Å². The van der Waals surface area contributed by atoms with Crippen LogP contribution in [-0.2, 0) is 21.4 Å². The van der Waals surface area contributed by atoms with E-state index in [1.807, 2.05) is 43.3 Å². The van der Waals surface area contributed by atoms with E-state index in [1.165, 1.54) is 19.8 Å². The van der Waals surface area contributed by atoms with Crippen LogP contribution in [0.5, 0.6) is 11.5 Å². The van der Waals surface area contributed by atoms with Crippen LogP contribution in [-0.4, -0.2) is 70.7 Å². The number of benzene rings is 2. The molecule has 3 fully saturated rings. The van der Waals surface area contributed by atoms with Gasteiger partial charge in [-0.15, -0.1) is 0 Å². The lowest BCUT2D eigenvalue weighted by Gasteiger charge is -2.64. The van der Waals surface area contributed by atoms with Crippen molar-refractivity contribution in [1.29, 1.82) is 0 Å². The molecule has 0 radical (unpaired) electrons. The minimum Gasteiger partial charge on any atom is -0.483 e. The number of hydrogen-bond acceptors (Lipinski definition) is 6. The Kier molecular flexibility index (Phi) is 5.82. The number of likely N-dealkylation sites (tertiary alicyclic amines) is 1. The van der Waals surface area contributed by atoms with Crippen molar-refractivity contribution in [3.63, 3.8) is 0 Å². The number of piperidine rings is 1. The quantitative estimate of drug-likeness (QED) is 0.364. The second-order valence-corrected chi connectivity index (χ2v) is 12.5. The lowest BCUT2D eigenvalue weighted by molar-refractivity contribution is -0.199. The summed E-state index contributed by atoms with van der Waals surface area (Å²) in [4.78, 5) is 29.6. The van der Waals surface area contributed by atoms with Crippen LogP contribution in [0.4, 0.5) is 0 Å². The zero-order valence-electron chi connectivity index (χ0n) is 23.4. The Morgan fingerprint density at radius 3 is 2.77 bits per heavy atom. The van der Waals surface area contributed by atoms with Gasteiger partial charge in [0.1, 0.15) is 6.10 Å². The third-order valence-corrected chi connectivity index (χ3v) is 10.1. The number of likely N-dealkylation sites (N-methyl/N-ethyl adjacent to an activating group) is 1. The molecule has 1 N–H and O–H groups in total. The summed E-state index contributed by atoms with van der Waals surface area (Å²) in [5.41, 5.74) is 2.35. The lowest BCUT2D eigenvalue weighted by Crippen LogP contribution is -2.78. The fourth-order valence-corrected chi connectivity index (χ4v) is 8.16. The molecule has 7 heteroatoms. The van der Waals surface area contributed by atoms with Crippen LogP contribution in [0.15, 0.2) is 36.4 Å². The van der Waals surface area contributed by atoms with E-state index in [4.69, 9.17) is 9.47 Å². The number of aryl methyl sites for hydroxylation is 1. The third kappa shape index (κ3) is 3.73. The van der Waals surface area contributed by atoms with Gasteiger partial charge in [0.15, 0.2) is 11.5 Å². The van der Waals surface area contributed by atoms with E-state index in [-0.39, 0.29) is 18.0 Å². The fourth-order valence-electron chi connectivity index (χ4n) is 8.16. The monoisotopic (exact) mass is 540 g/mol. The molecule has 1 saturated heterocycles. The van der Waals surface area contributed by atoms with Gasteiger partial charge in [-0.2, -0.15) is 0 Å². The first-order valence-electron chi connectivity index (χ1n) is 14.5. The standard InChI is InChI=1S/C33H36N2O5/c1-20-5-4-6-22(17-20)9-12-28(37)34(3)25-13-14-33(38)27-18-24-10-11-26(39-21(2)36)30-29(24)32(33,31(25)40-30)15-16-35(27)19-23-7-8-23/h4-6,10-11,17,23,25,27,31,38H,7-8,13-16,18-19H2,1-3H3/t25-,27+,31-,32-,33+/m0/s1. The van der Waals surface area contributed by atoms with Gasteiger partial charge in [-0.1, -0.05) is 24.1 Å². The molecule has 7 rings (SSSR count). The number of carbonyl (C=O) groups is 2. The Bertz CT molecular complexity index is 1470. The summed E-state index contributed by atoms with van der Waals surface area (Å²) in [7, 11) is 1.79. The predicted octanol–water partition coefficient (Wildman–Crippen LogP) is 3.36. The Morgan fingerprint density at radius 2 is 2.02 bits per heavy atom. The average Bonchev–Trinajstić information content (AvgIpc) is 3.66. The van der Waals surface area contributed by atoms with E-state index in [2.05, 4.69) is 16.7 Å². The maximum atomic E-state index is 13.4. The van der Waals surface area contributed by atoms with Gasteiger partial charge in [0.2, 0.25) is 0 Å². The summed E-state index contributed by atoms with van der Waals surface area (Å²) in [6.45, 7) is 5.29. The molecule has 0 aromatic heterocycles. The van der Waals surface area contributed by atoms with Crippen molar-refractivity contribution in [2.45, 2.75) is 81.6 Å². The molecular formula is C33H36N2O5. The molecule has 2 heterocycles. The molecule has 7 nitrogen and oxygen atoms in total. The topological polar surface area (TPSA) is 79.3 Å². The smallest absolute Gasteiger partial charge is 0.308 e. The Labute approximate surface area is 235 Å². The number of hydrogen-bond donors (Lipinski definition) is 1. The molecule has 5 atom stereocenters. The van der Waals surface area contributed by atoms with E-state index >= 15 is 0 Å². The predicted molar refractivity (Wildman–Crippen MR) is 149 cm³/mol. The summed E-state index contributed by atoms with van der Waals surface area (Å²) in [6, 6.07) is 11.4. The normalized spacial score (nSPS) is 31.4. The molecule has 2 bridgehead atoms. The SMILES string of the molecule is CC(=O)Oc1ccc2c3c1O[C@H]1[C@@H](N(C)C(=O)C#Cc4cccc(C)c4)CC[C@@]4(O)[C@@H](C2)N(CC2CC2)CC[C@]314. The van der Waals surface area contributed by atoms with Crippen LogP contribution in [0.1, 0.15) is 61.3 Å². The van der Waals surface area contributed by atoms with Gasteiger partial charge in [-0.25, -0.2) is 0 Å². The van der Waals surface area contributed by atoms with Crippen molar-refractivity contribution in [3.8, 4) is 23.3 Å². The zero-order chi connectivity index (χ0) is 27.8. The van der Waals surface area contributed by atoms with Gasteiger partial charge < -0.3 is 19.5 Å². The molecule has 2 saturated carbocycles. The lowest BCUT2D eigenvalue weighted by atomic mass is 9.48. The Morgan fingerprint density at radius 1 is 1.20 bits per heavy atom. The first kappa shape index (κ1) is 25.6. The maximum absolute atomic E-state index is 13.4. The van der Waals surface area contributed by atoms with Crippen molar-refractivity contribution in [2.24, 2.45) is 5.92 Å². The van der Waals surface area contributed by atoms with Crippen LogP contribution < -0.4 is 9.47 Å². The summed E-state index contributed by atoms with van der Waals surface area (Å²) >= 11 is 0. The highest BCUT2D eigenvalue weighted by molar-refractivity contribution is 5.94. The molecule has 2 aromatic carbocycles. The van der Waals surface area contributed by atoms with Crippen LogP contribution in [0.3, 0.4) is 0 Å². The number of ether oxygens (including phenoxy) is 2. The van der Waals surface area contributed by atoms with Gasteiger partial charge in [0.05, 0.1) is 17.1 Å². The highest BCUT2D eigenvalue weighted by atomic mass is 16.6. The van der Waals surface area contributed by atoms with Crippen molar-refractivity contribution < 1.29 is 24.2 Å². The highest BCUT2D eigenvalue weighted by Crippen LogP contribution is 2.66. The largest absolute Gasteiger partial charge is 0.483 e. The van der Waals surface area contributed by atoms with Crippen molar-refractivity contribution in [1.82, 2.24) is 9.80 Å². The molecule has 1 spiro atoms. The van der Waals surface area contributed by atoms with Crippen LogP contribution in [0.25, 0.3) is 0 Å². The van der Waals surface area contributed by atoms with E-state index in [9.17, 15) is 14.7 Å². The molecule has 0 unspecified atom stereocenters. The van der Waals surface area contributed by atoms with Crippen molar-refractivity contribution in [2.75, 3.05) is 20.1 Å². The second kappa shape index (κ2) is 9.09. The van der Waals surface area contributed by atoms with Gasteiger partial charge in [0.25, 0.3) is 5.91 Å². The van der Waals surface area contributed by atoms with Gasteiger partial charge in [0, 0.05) is 43.6 Å². The summed E-state index contributed by atoms with van der Waals surface area (Å²) in [5.74, 6) is 6.86. The molecular weight excluding hydrogens is 504 g/mol. The minimum absolute atomic E-state index is 0.00551. The summed E-state index contributed by atoms with van der Waals surface area (Å²) in [6.07, 6.45) is 4.73. The molecule has 3 aliphatic carbocycles. The molecule has 1 amide bonds. The van der Waals surface area contributed by atoms with Crippen LogP contribution >= 0.6 is 0 Å². The Hall–Kier alpha value is -3.34. The number of amides is 1. The van der Waals surface area contributed by atoms with Crippen LogP contribution in [0, 0.1) is 24.7 Å². The van der Waals surface area contributed by atoms with Gasteiger partial charge >= 0.3 is 5.97 Å². The molecule has 5 aliphatic rings. The molecule has 208 valence electrons. The number of nitrogens with zero attached hydrogens (tertiary/aromatic N) is 2. The fraction of sp³-hybridized carbons (Fsp3) is 0.515. The first-order valence-corrected chi connectivity index (χ1v) is 14.5. The van der Waals surface area contributed by atoms with E-state index in [1.54, 1.807) is 11.9 Å². The third-order valence-electron chi connectivity index (χ3n) is 10.1. The number of esters is 1. The van der Waals surface area contributed by atoms with E-state index in [0.717, 1.165) is 54.1 Å². The van der Waals surface area contributed by atoms with Gasteiger partial charge in [-0.05, 0) is 87.2 Å². The highest BCUT2D eigenvalue weighted by Gasteiger charge is 2.73. The average molecular weight is 541 g/mol. The van der Waals surface area contributed by atoms with Gasteiger partial charge in [-0.3, -0.25) is 14.5 Å². The Balaban J connectivity index is 1.28. The molecule has 40 heavy (non-hydrogen) atoms. The minimum atomic E-state index is -0.995. The second-order valence-electron chi connectivity index (χ2n) is 12.5. The number of carbonyl (C=O) groups excluding carboxylic acids is 2. The maximum Gasteiger partial charge on any atom is 0.308 e. The first-order chi connectivity index (χ1) is 19.2. The number of aliphatic hydroxyl groups is 1. The van der Waals surface area contributed by atoms with E-state index < -0.39 is 23.1 Å². The number of rotatable bonds is 4. The molecule has 2 aliphatic heterocycles. The summed E-state index contributed by atoms with van der Waals surface area (Å²) < 4.78 is 12.4.